The molecule has 0 radical (unpaired) electrons. The number of hydrogen-bond donors (Lipinski definition) is 3. The van der Waals surface area contributed by atoms with Crippen molar-refractivity contribution < 1.29 is 9.59 Å². The largest absolute Gasteiger partial charge is 0.382 e. The lowest BCUT2D eigenvalue weighted by Gasteiger charge is -2.12. The van der Waals surface area contributed by atoms with Gasteiger partial charge in [-0.05, 0) is 25.0 Å². The van der Waals surface area contributed by atoms with Gasteiger partial charge in [0.15, 0.2) is 11.5 Å². The highest BCUT2D eigenvalue weighted by atomic mass is 16.2. The summed E-state index contributed by atoms with van der Waals surface area (Å²) in [4.78, 5) is 32.6. The van der Waals surface area contributed by atoms with Gasteiger partial charge < -0.3 is 16.4 Å². The molecule has 0 saturated heterocycles. The molecule has 0 spiro atoms. The van der Waals surface area contributed by atoms with Gasteiger partial charge in [0.05, 0.1) is 11.9 Å². The van der Waals surface area contributed by atoms with Crippen LogP contribution in [0, 0.1) is 0 Å². The van der Waals surface area contributed by atoms with Crippen molar-refractivity contribution in [1.29, 1.82) is 0 Å². The van der Waals surface area contributed by atoms with E-state index in [1.807, 2.05) is 6.07 Å². The molecule has 130 valence electrons. The van der Waals surface area contributed by atoms with Gasteiger partial charge in [-0.2, -0.15) is 0 Å². The van der Waals surface area contributed by atoms with Crippen molar-refractivity contribution in [2.24, 2.45) is 0 Å². The Morgan fingerprint density at radius 1 is 1.20 bits per heavy atom. The zero-order valence-corrected chi connectivity index (χ0v) is 14.1. The van der Waals surface area contributed by atoms with Crippen LogP contribution in [-0.4, -0.2) is 34.9 Å². The Morgan fingerprint density at radius 2 is 1.96 bits per heavy atom. The summed E-state index contributed by atoms with van der Waals surface area (Å²) >= 11 is 0. The molecule has 4 N–H and O–H groups in total. The predicted octanol–water partition coefficient (Wildman–Crippen LogP) is 1.76. The van der Waals surface area contributed by atoms with Crippen LogP contribution in [-0.2, 0) is 0 Å². The molecule has 2 amide bonds. The van der Waals surface area contributed by atoms with Gasteiger partial charge in [-0.1, -0.05) is 25.0 Å². The minimum atomic E-state index is -0.401. The number of aromatic nitrogens is 2. The van der Waals surface area contributed by atoms with E-state index in [4.69, 9.17) is 5.73 Å². The summed E-state index contributed by atoms with van der Waals surface area (Å²) in [5.74, 6) is -0.427. The number of nitrogens with one attached hydrogen (secondary N) is 2. The van der Waals surface area contributed by atoms with E-state index in [2.05, 4.69) is 20.6 Å². The molecular formula is C18H21N5O2. The zero-order valence-electron chi connectivity index (χ0n) is 14.1. The van der Waals surface area contributed by atoms with Crippen LogP contribution in [0.25, 0.3) is 11.3 Å². The molecule has 1 aliphatic carbocycles. The maximum atomic E-state index is 12.4. The minimum Gasteiger partial charge on any atom is -0.382 e. The molecule has 1 saturated carbocycles. The van der Waals surface area contributed by atoms with E-state index in [1.165, 1.54) is 13.2 Å². The monoisotopic (exact) mass is 339 g/mol. The normalized spacial score (nSPS) is 14.3. The number of carbonyl (C=O) groups excluding carboxylic acids is 2. The fraction of sp³-hybridized carbons (Fsp3) is 0.333. The second-order valence-electron chi connectivity index (χ2n) is 6.10. The Morgan fingerprint density at radius 3 is 2.68 bits per heavy atom. The Balaban J connectivity index is 1.86. The second kappa shape index (κ2) is 7.29. The second-order valence-corrected chi connectivity index (χ2v) is 6.10. The van der Waals surface area contributed by atoms with Gasteiger partial charge in [-0.3, -0.25) is 9.59 Å². The van der Waals surface area contributed by atoms with Crippen LogP contribution in [0.1, 0.15) is 46.5 Å². The average Bonchev–Trinajstić information content (AvgIpc) is 3.14. The third-order valence-corrected chi connectivity index (χ3v) is 4.35. The molecule has 1 aromatic heterocycles. The fourth-order valence-corrected chi connectivity index (χ4v) is 2.98. The molecule has 1 aliphatic rings. The van der Waals surface area contributed by atoms with E-state index in [0.29, 0.717) is 16.8 Å². The van der Waals surface area contributed by atoms with Gasteiger partial charge in [-0.15, -0.1) is 0 Å². The number of rotatable bonds is 4. The fourth-order valence-electron chi connectivity index (χ4n) is 2.98. The average molecular weight is 339 g/mol. The van der Waals surface area contributed by atoms with Gasteiger partial charge in [0, 0.05) is 24.2 Å². The van der Waals surface area contributed by atoms with E-state index in [9.17, 15) is 9.59 Å². The number of hydrogen-bond acceptors (Lipinski definition) is 5. The van der Waals surface area contributed by atoms with Gasteiger partial charge in [0.25, 0.3) is 11.8 Å². The highest BCUT2D eigenvalue weighted by Crippen LogP contribution is 2.21. The first-order chi connectivity index (χ1) is 12.1. The van der Waals surface area contributed by atoms with Crippen LogP contribution < -0.4 is 16.4 Å². The highest BCUT2D eigenvalue weighted by molar-refractivity contribution is 5.97. The van der Waals surface area contributed by atoms with Gasteiger partial charge in [0.1, 0.15) is 0 Å². The Bertz CT molecular complexity index is 800. The van der Waals surface area contributed by atoms with Crippen LogP contribution in [0.2, 0.25) is 0 Å². The van der Waals surface area contributed by atoms with Crippen molar-refractivity contribution in [3.63, 3.8) is 0 Å². The lowest BCUT2D eigenvalue weighted by molar-refractivity contribution is 0.0935. The van der Waals surface area contributed by atoms with E-state index >= 15 is 0 Å². The predicted molar refractivity (Wildman–Crippen MR) is 95.0 cm³/mol. The summed E-state index contributed by atoms with van der Waals surface area (Å²) in [5, 5.41) is 5.55. The maximum Gasteiger partial charge on any atom is 0.273 e. The van der Waals surface area contributed by atoms with Gasteiger partial charge in [-0.25, -0.2) is 9.97 Å². The van der Waals surface area contributed by atoms with Crippen LogP contribution in [0.4, 0.5) is 5.82 Å². The Labute approximate surface area is 146 Å². The van der Waals surface area contributed by atoms with Gasteiger partial charge >= 0.3 is 0 Å². The quantitative estimate of drug-likeness (QED) is 0.786. The number of amides is 2. The van der Waals surface area contributed by atoms with Gasteiger partial charge in [0.2, 0.25) is 0 Å². The maximum absolute atomic E-state index is 12.4. The number of benzene rings is 1. The number of nitrogens with zero attached hydrogens (tertiary/aromatic N) is 2. The van der Waals surface area contributed by atoms with Crippen LogP contribution in [0.15, 0.2) is 30.5 Å². The summed E-state index contributed by atoms with van der Waals surface area (Å²) < 4.78 is 0. The lowest BCUT2D eigenvalue weighted by Crippen LogP contribution is -2.32. The molecule has 0 aliphatic heterocycles. The van der Waals surface area contributed by atoms with E-state index in [1.54, 1.807) is 18.2 Å². The summed E-state index contributed by atoms with van der Waals surface area (Å²) in [6.07, 6.45) is 5.88. The lowest BCUT2D eigenvalue weighted by atomic mass is 10.1. The molecule has 0 bridgehead atoms. The van der Waals surface area contributed by atoms with Crippen LogP contribution in [0.3, 0.4) is 0 Å². The molecule has 1 aromatic carbocycles. The Kier molecular flexibility index (Phi) is 4.92. The molecule has 2 aromatic rings. The van der Waals surface area contributed by atoms with Crippen LogP contribution in [0.5, 0.6) is 0 Å². The molecule has 7 nitrogen and oxygen atoms in total. The first-order valence-corrected chi connectivity index (χ1v) is 8.34. The summed E-state index contributed by atoms with van der Waals surface area (Å²) in [5.41, 5.74) is 7.54. The number of nitrogens with two attached hydrogens (primary N) is 1. The summed E-state index contributed by atoms with van der Waals surface area (Å²) in [6, 6.07) is 7.37. The topological polar surface area (TPSA) is 110 Å². The Hall–Kier alpha value is -2.96. The molecule has 7 heteroatoms. The standard InChI is InChI=1S/C18H21N5O2/c1-20-18(25)15-16(19)21-10-14(23-15)11-5-4-6-12(9-11)17(24)22-13-7-2-3-8-13/h4-6,9-10,13H,2-3,7-8H2,1H3,(H2,19,21)(H,20,25)(H,22,24). The third-order valence-electron chi connectivity index (χ3n) is 4.35. The zero-order chi connectivity index (χ0) is 17.8. The van der Waals surface area contributed by atoms with Crippen LogP contribution >= 0.6 is 0 Å². The molecule has 25 heavy (non-hydrogen) atoms. The molecule has 0 unspecified atom stereocenters. The molecular weight excluding hydrogens is 318 g/mol. The van der Waals surface area contributed by atoms with Crippen molar-refractivity contribution >= 4 is 17.6 Å². The number of nitrogen functional groups attached to an aromatic ring is 1. The van der Waals surface area contributed by atoms with Crippen molar-refractivity contribution in [2.45, 2.75) is 31.7 Å². The molecule has 1 heterocycles. The van der Waals surface area contributed by atoms with Crippen molar-refractivity contribution in [3.8, 4) is 11.3 Å². The smallest absolute Gasteiger partial charge is 0.273 e. The first kappa shape index (κ1) is 16.9. The SMILES string of the molecule is CNC(=O)c1nc(-c2cccc(C(=O)NC3CCCC3)c2)cnc1N. The van der Waals surface area contributed by atoms with Crippen molar-refractivity contribution in [1.82, 2.24) is 20.6 Å². The van der Waals surface area contributed by atoms with E-state index in [-0.39, 0.29) is 23.5 Å². The number of carbonyl (C=O) groups is 2. The minimum absolute atomic E-state index is 0.0678. The molecule has 1 fully saturated rings. The molecule has 3 rings (SSSR count). The first-order valence-electron chi connectivity index (χ1n) is 8.34. The summed E-state index contributed by atoms with van der Waals surface area (Å²) in [6.45, 7) is 0. The number of anilines is 1. The van der Waals surface area contributed by atoms with E-state index in [0.717, 1.165) is 25.7 Å². The van der Waals surface area contributed by atoms with E-state index < -0.39 is 5.91 Å². The third kappa shape index (κ3) is 3.76. The van der Waals surface area contributed by atoms with Crippen molar-refractivity contribution in [3.05, 3.63) is 41.7 Å². The summed E-state index contributed by atoms with van der Waals surface area (Å²) in [7, 11) is 1.50. The highest BCUT2D eigenvalue weighted by Gasteiger charge is 2.18. The molecule has 0 atom stereocenters. The van der Waals surface area contributed by atoms with Crippen molar-refractivity contribution in [2.75, 3.05) is 12.8 Å².